The van der Waals surface area contributed by atoms with Crippen LogP contribution in [-0.4, -0.2) is 30.0 Å². The monoisotopic (exact) mass is 145 g/mol. The molecule has 2 N–H and O–H groups in total. The Morgan fingerprint density at radius 1 is 1.80 bits per heavy atom. The molecule has 4 nitrogen and oxygen atoms in total. The van der Waals surface area contributed by atoms with E-state index in [1.807, 2.05) is 6.92 Å². The average Bonchev–Trinajstić information content (AvgIpc) is 2.13. The summed E-state index contributed by atoms with van der Waals surface area (Å²) in [6.45, 7) is 1.91. The number of aliphatic hydroxyl groups excluding tert-OH is 1. The second-order valence-corrected chi connectivity index (χ2v) is 2.39. The Bertz CT molecular complexity index is 137. The summed E-state index contributed by atoms with van der Waals surface area (Å²) in [5, 5.41) is 11.1. The minimum atomic E-state index is -0.383. The minimum Gasteiger partial charge on any atom is -0.444 e. The Labute approximate surface area is 59.2 Å². The fourth-order valence-corrected chi connectivity index (χ4v) is 0.989. The molecule has 0 bridgehead atoms. The van der Waals surface area contributed by atoms with Crippen molar-refractivity contribution in [3.8, 4) is 0 Å². The van der Waals surface area contributed by atoms with Crippen LogP contribution in [-0.2, 0) is 4.74 Å². The van der Waals surface area contributed by atoms with Gasteiger partial charge in [0.05, 0.1) is 6.04 Å². The highest BCUT2D eigenvalue weighted by molar-refractivity contribution is 5.70. The molecule has 10 heavy (non-hydrogen) atoms. The van der Waals surface area contributed by atoms with E-state index in [4.69, 9.17) is 9.84 Å². The molecule has 0 spiro atoms. The Morgan fingerprint density at radius 2 is 2.50 bits per heavy atom. The van der Waals surface area contributed by atoms with Crippen LogP contribution in [0.15, 0.2) is 0 Å². The van der Waals surface area contributed by atoms with Gasteiger partial charge in [0.2, 0.25) is 0 Å². The highest BCUT2D eigenvalue weighted by Crippen LogP contribution is 2.10. The van der Waals surface area contributed by atoms with Gasteiger partial charge in [0.1, 0.15) is 6.10 Å². The van der Waals surface area contributed by atoms with Crippen molar-refractivity contribution < 1.29 is 14.6 Å². The van der Waals surface area contributed by atoms with Crippen LogP contribution in [0.25, 0.3) is 0 Å². The number of rotatable bonds is 2. The number of hydrogen-bond acceptors (Lipinski definition) is 3. The van der Waals surface area contributed by atoms with E-state index in [-0.39, 0.29) is 24.8 Å². The zero-order valence-electron chi connectivity index (χ0n) is 5.83. The fraction of sp³-hybridized carbons (Fsp3) is 0.833. The summed E-state index contributed by atoms with van der Waals surface area (Å²) in [4.78, 5) is 10.5. The first-order valence-electron chi connectivity index (χ1n) is 3.32. The van der Waals surface area contributed by atoms with Gasteiger partial charge >= 0.3 is 6.09 Å². The van der Waals surface area contributed by atoms with Crippen LogP contribution >= 0.6 is 0 Å². The number of aliphatic hydroxyl groups is 1. The number of alkyl carbamates (subject to hydrolysis) is 1. The molecule has 1 aliphatic heterocycles. The van der Waals surface area contributed by atoms with Crippen molar-refractivity contribution in [3.05, 3.63) is 0 Å². The molecule has 0 aliphatic carbocycles. The molecule has 1 aliphatic rings. The van der Waals surface area contributed by atoms with E-state index in [9.17, 15) is 4.79 Å². The summed E-state index contributed by atoms with van der Waals surface area (Å²) in [5.41, 5.74) is 0. The van der Waals surface area contributed by atoms with Crippen molar-refractivity contribution in [1.29, 1.82) is 0 Å². The summed E-state index contributed by atoms with van der Waals surface area (Å²) >= 11 is 0. The molecule has 1 rings (SSSR count). The first-order valence-corrected chi connectivity index (χ1v) is 3.32. The number of ether oxygens (including phenoxy) is 1. The molecule has 0 aromatic carbocycles. The summed E-state index contributed by atoms with van der Waals surface area (Å²) < 4.78 is 4.80. The van der Waals surface area contributed by atoms with E-state index in [1.54, 1.807) is 0 Å². The SMILES string of the molecule is CC1NC(=O)OC1CCO. The molecule has 1 fully saturated rings. The van der Waals surface area contributed by atoms with Gasteiger partial charge in [-0.1, -0.05) is 0 Å². The van der Waals surface area contributed by atoms with Gasteiger partial charge in [0.25, 0.3) is 0 Å². The number of cyclic esters (lactones) is 1. The quantitative estimate of drug-likeness (QED) is 0.568. The second-order valence-electron chi connectivity index (χ2n) is 2.39. The van der Waals surface area contributed by atoms with Crippen LogP contribution in [0.2, 0.25) is 0 Å². The molecule has 0 saturated carbocycles. The van der Waals surface area contributed by atoms with E-state index >= 15 is 0 Å². The fourth-order valence-electron chi connectivity index (χ4n) is 0.989. The van der Waals surface area contributed by atoms with Gasteiger partial charge in [-0.3, -0.25) is 0 Å². The highest BCUT2D eigenvalue weighted by atomic mass is 16.6. The third kappa shape index (κ3) is 1.39. The van der Waals surface area contributed by atoms with Crippen LogP contribution in [0.4, 0.5) is 4.79 Å². The maximum atomic E-state index is 10.5. The molecular formula is C6H11NO3. The second kappa shape index (κ2) is 2.88. The third-order valence-corrected chi connectivity index (χ3v) is 1.58. The first kappa shape index (κ1) is 7.34. The van der Waals surface area contributed by atoms with Crippen LogP contribution < -0.4 is 5.32 Å². The lowest BCUT2D eigenvalue weighted by Gasteiger charge is -2.09. The standard InChI is InChI=1S/C6H11NO3/c1-4-5(2-3-8)10-6(9)7-4/h4-5,8H,2-3H2,1H3,(H,7,9). The van der Waals surface area contributed by atoms with Gasteiger partial charge in [0.15, 0.2) is 0 Å². The lowest BCUT2D eigenvalue weighted by molar-refractivity contribution is 0.112. The lowest BCUT2D eigenvalue weighted by Crippen LogP contribution is -2.28. The molecule has 0 aromatic rings. The highest BCUT2D eigenvalue weighted by Gasteiger charge is 2.29. The predicted octanol–water partition coefficient (Wildman–Crippen LogP) is -0.134. The van der Waals surface area contributed by atoms with Gasteiger partial charge in [-0.25, -0.2) is 4.79 Å². The Hall–Kier alpha value is -0.770. The van der Waals surface area contributed by atoms with Crippen molar-refractivity contribution in [2.45, 2.75) is 25.5 Å². The lowest BCUT2D eigenvalue weighted by atomic mass is 10.1. The van der Waals surface area contributed by atoms with E-state index < -0.39 is 0 Å². The molecule has 2 atom stereocenters. The Balaban J connectivity index is 2.38. The Kier molecular flexibility index (Phi) is 2.11. The molecule has 0 radical (unpaired) electrons. The molecule has 2 unspecified atom stereocenters. The molecule has 4 heteroatoms. The molecule has 0 aromatic heterocycles. The Morgan fingerprint density at radius 3 is 2.90 bits per heavy atom. The number of carbonyl (C=O) groups is 1. The number of nitrogens with one attached hydrogen (secondary N) is 1. The zero-order chi connectivity index (χ0) is 7.56. The van der Waals surface area contributed by atoms with Crippen molar-refractivity contribution in [2.75, 3.05) is 6.61 Å². The number of amides is 1. The molecule has 1 heterocycles. The average molecular weight is 145 g/mol. The minimum absolute atomic E-state index is 0.0275. The number of carbonyl (C=O) groups excluding carboxylic acids is 1. The summed E-state index contributed by atoms with van der Waals surface area (Å²) in [6.07, 6.45) is -0.0247. The van der Waals surface area contributed by atoms with Crippen LogP contribution in [0, 0.1) is 0 Å². The first-order chi connectivity index (χ1) is 4.74. The summed E-state index contributed by atoms with van der Waals surface area (Å²) in [6, 6.07) is 0.0275. The van der Waals surface area contributed by atoms with E-state index in [0.29, 0.717) is 6.42 Å². The van der Waals surface area contributed by atoms with E-state index in [2.05, 4.69) is 5.32 Å². The van der Waals surface area contributed by atoms with Crippen LogP contribution in [0.1, 0.15) is 13.3 Å². The smallest absolute Gasteiger partial charge is 0.407 e. The summed E-state index contributed by atoms with van der Waals surface area (Å²) in [7, 11) is 0. The predicted molar refractivity (Wildman–Crippen MR) is 34.6 cm³/mol. The van der Waals surface area contributed by atoms with Crippen molar-refractivity contribution >= 4 is 6.09 Å². The summed E-state index contributed by atoms with van der Waals surface area (Å²) in [5.74, 6) is 0. The zero-order valence-corrected chi connectivity index (χ0v) is 5.83. The topological polar surface area (TPSA) is 58.6 Å². The van der Waals surface area contributed by atoms with Gasteiger partial charge < -0.3 is 15.2 Å². The van der Waals surface area contributed by atoms with Crippen LogP contribution in [0.5, 0.6) is 0 Å². The number of hydrogen-bond donors (Lipinski definition) is 2. The maximum absolute atomic E-state index is 10.5. The van der Waals surface area contributed by atoms with Gasteiger partial charge in [-0.05, 0) is 6.92 Å². The van der Waals surface area contributed by atoms with Gasteiger partial charge in [-0.2, -0.15) is 0 Å². The van der Waals surface area contributed by atoms with E-state index in [0.717, 1.165) is 0 Å². The van der Waals surface area contributed by atoms with E-state index in [1.165, 1.54) is 0 Å². The van der Waals surface area contributed by atoms with Crippen LogP contribution in [0.3, 0.4) is 0 Å². The van der Waals surface area contributed by atoms with Gasteiger partial charge in [-0.15, -0.1) is 0 Å². The van der Waals surface area contributed by atoms with Gasteiger partial charge in [0, 0.05) is 13.0 Å². The maximum Gasteiger partial charge on any atom is 0.407 e. The van der Waals surface area contributed by atoms with Crippen molar-refractivity contribution in [1.82, 2.24) is 5.32 Å². The van der Waals surface area contributed by atoms with Crippen molar-refractivity contribution in [3.63, 3.8) is 0 Å². The molecule has 58 valence electrons. The largest absolute Gasteiger partial charge is 0.444 e. The molecule has 1 amide bonds. The van der Waals surface area contributed by atoms with Crippen molar-refractivity contribution in [2.24, 2.45) is 0 Å². The third-order valence-electron chi connectivity index (χ3n) is 1.58. The molecular weight excluding hydrogens is 134 g/mol. The molecule has 1 saturated heterocycles. The normalized spacial score (nSPS) is 31.6.